The van der Waals surface area contributed by atoms with Crippen LogP contribution >= 0.6 is 22.6 Å². The third-order valence-electron chi connectivity index (χ3n) is 1.59. The van der Waals surface area contributed by atoms with Gasteiger partial charge in [0, 0.05) is 3.82 Å². The SMILES string of the molecule is O=C(O)[C@H]1CC[C@H](I)B(O)O1. The lowest BCUT2D eigenvalue weighted by molar-refractivity contribution is -0.146. The Morgan fingerprint density at radius 2 is 2.27 bits per heavy atom. The van der Waals surface area contributed by atoms with Crippen LogP contribution in [0.5, 0.6) is 0 Å². The number of carbonyl (C=O) groups is 1. The standard InChI is InChI=1S/C5H8BIO4/c7-4-2-1-3(5(8)9)11-6(4)10/h3-4,10H,1-2H2,(H,8,9)/t3-,4+/m1/s1. The summed E-state index contributed by atoms with van der Waals surface area (Å²) in [5.41, 5.74) is 0. The van der Waals surface area contributed by atoms with Gasteiger partial charge >= 0.3 is 13.1 Å². The van der Waals surface area contributed by atoms with Crippen LogP contribution < -0.4 is 0 Å². The molecular formula is C5H8BIO4. The summed E-state index contributed by atoms with van der Waals surface area (Å²) in [5.74, 6) is -0.993. The molecule has 4 nitrogen and oxygen atoms in total. The summed E-state index contributed by atoms with van der Waals surface area (Å²) in [6.07, 6.45) is 0.356. The monoisotopic (exact) mass is 270 g/mol. The summed E-state index contributed by atoms with van der Waals surface area (Å²) in [6.45, 7) is 0. The molecule has 2 atom stereocenters. The fourth-order valence-electron chi connectivity index (χ4n) is 0.956. The van der Waals surface area contributed by atoms with Gasteiger partial charge in [0.05, 0.1) is 0 Å². The van der Waals surface area contributed by atoms with Crippen LogP contribution in [0.3, 0.4) is 0 Å². The van der Waals surface area contributed by atoms with Gasteiger partial charge in [0.25, 0.3) is 0 Å². The Labute approximate surface area is 78.2 Å². The largest absolute Gasteiger partial charge is 0.479 e. The first-order valence-corrected chi connectivity index (χ1v) is 4.56. The number of aliphatic carboxylic acids is 1. The van der Waals surface area contributed by atoms with Crippen molar-refractivity contribution in [3.05, 3.63) is 0 Å². The molecule has 0 bridgehead atoms. The number of halogens is 1. The van der Waals surface area contributed by atoms with E-state index in [0.717, 1.165) is 0 Å². The molecule has 0 aliphatic carbocycles. The topological polar surface area (TPSA) is 66.8 Å². The Balaban J connectivity index is 2.46. The molecule has 2 N–H and O–H groups in total. The Morgan fingerprint density at radius 3 is 2.73 bits per heavy atom. The van der Waals surface area contributed by atoms with Crippen molar-refractivity contribution in [1.29, 1.82) is 0 Å². The van der Waals surface area contributed by atoms with Gasteiger partial charge in [0.2, 0.25) is 0 Å². The zero-order chi connectivity index (χ0) is 8.43. The number of carboxylic acids is 1. The number of rotatable bonds is 1. The minimum atomic E-state index is -0.993. The van der Waals surface area contributed by atoms with Gasteiger partial charge in [-0.1, -0.05) is 22.6 Å². The van der Waals surface area contributed by atoms with Crippen molar-refractivity contribution in [3.63, 3.8) is 0 Å². The van der Waals surface area contributed by atoms with E-state index in [-0.39, 0.29) is 3.82 Å². The van der Waals surface area contributed by atoms with Gasteiger partial charge in [-0.2, -0.15) is 0 Å². The first-order valence-electron chi connectivity index (χ1n) is 3.31. The number of hydrogen-bond acceptors (Lipinski definition) is 3. The van der Waals surface area contributed by atoms with E-state index < -0.39 is 19.2 Å². The van der Waals surface area contributed by atoms with Crippen molar-refractivity contribution in [1.82, 2.24) is 0 Å². The van der Waals surface area contributed by atoms with Crippen LogP contribution in [0.1, 0.15) is 12.8 Å². The summed E-state index contributed by atoms with van der Waals surface area (Å²) in [5, 5.41) is 17.6. The minimum absolute atomic E-state index is 0.0169. The quantitative estimate of drug-likeness (QED) is 0.402. The average molecular weight is 270 g/mol. The van der Waals surface area contributed by atoms with Gasteiger partial charge in [-0.3, -0.25) is 0 Å². The van der Waals surface area contributed by atoms with Crippen molar-refractivity contribution in [3.8, 4) is 0 Å². The molecule has 0 aromatic rings. The van der Waals surface area contributed by atoms with Gasteiger partial charge in [-0.15, -0.1) is 0 Å². The van der Waals surface area contributed by atoms with E-state index >= 15 is 0 Å². The molecule has 0 aromatic heterocycles. The molecule has 1 aliphatic rings. The lowest BCUT2D eigenvalue weighted by Gasteiger charge is -2.25. The van der Waals surface area contributed by atoms with E-state index in [1.165, 1.54) is 0 Å². The predicted octanol–water partition coefficient (Wildman–Crippen LogP) is 0.0733. The summed E-state index contributed by atoms with van der Waals surface area (Å²) < 4.78 is 4.83. The summed E-state index contributed by atoms with van der Waals surface area (Å²) in [4.78, 5) is 10.4. The molecule has 0 saturated carbocycles. The average Bonchev–Trinajstić information content (AvgIpc) is 1.94. The molecule has 6 heteroatoms. The molecule has 11 heavy (non-hydrogen) atoms. The molecular weight excluding hydrogens is 262 g/mol. The Morgan fingerprint density at radius 1 is 1.64 bits per heavy atom. The van der Waals surface area contributed by atoms with E-state index in [9.17, 15) is 4.79 Å². The molecule has 0 spiro atoms. The highest BCUT2D eigenvalue weighted by atomic mass is 127. The summed E-state index contributed by atoms with van der Waals surface area (Å²) >= 11 is 2.05. The van der Waals surface area contributed by atoms with Crippen LogP contribution in [-0.2, 0) is 9.45 Å². The van der Waals surface area contributed by atoms with Gasteiger partial charge in [-0.25, -0.2) is 4.79 Å². The van der Waals surface area contributed by atoms with Gasteiger partial charge in [-0.05, 0) is 12.8 Å². The maximum Gasteiger partial charge on any atom is 0.468 e. The lowest BCUT2D eigenvalue weighted by atomic mass is 9.78. The Kier molecular flexibility index (Phi) is 3.14. The van der Waals surface area contributed by atoms with Gasteiger partial charge in [0.15, 0.2) is 0 Å². The molecule has 1 rings (SSSR count). The fraction of sp³-hybridized carbons (Fsp3) is 0.800. The van der Waals surface area contributed by atoms with Crippen molar-refractivity contribution < 1.29 is 19.6 Å². The van der Waals surface area contributed by atoms with Gasteiger partial charge < -0.3 is 14.8 Å². The first kappa shape index (κ1) is 9.27. The highest BCUT2D eigenvalue weighted by Gasteiger charge is 2.36. The second kappa shape index (κ2) is 3.73. The molecule has 1 saturated heterocycles. The molecule has 1 aliphatic heterocycles. The van der Waals surface area contributed by atoms with Crippen LogP contribution in [0.25, 0.3) is 0 Å². The maximum absolute atomic E-state index is 10.4. The minimum Gasteiger partial charge on any atom is -0.479 e. The maximum atomic E-state index is 10.4. The molecule has 1 heterocycles. The van der Waals surface area contributed by atoms with Crippen LogP contribution in [-0.4, -0.2) is 33.1 Å². The van der Waals surface area contributed by atoms with E-state index in [0.29, 0.717) is 12.8 Å². The summed E-state index contributed by atoms with van der Waals surface area (Å²) in [7, 11) is -0.926. The second-order valence-electron chi connectivity index (χ2n) is 2.45. The second-order valence-corrected chi connectivity index (χ2v) is 4.05. The normalized spacial score (nSPS) is 32.0. The van der Waals surface area contributed by atoms with Crippen molar-refractivity contribution in [2.75, 3.05) is 0 Å². The van der Waals surface area contributed by atoms with Crippen LogP contribution in [0.15, 0.2) is 0 Å². The highest BCUT2D eigenvalue weighted by molar-refractivity contribution is 14.1. The fourth-order valence-corrected chi connectivity index (χ4v) is 1.49. The molecule has 0 radical (unpaired) electrons. The Bertz CT molecular complexity index is 165. The molecule has 0 amide bonds. The van der Waals surface area contributed by atoms with Crippen molar-refractivity contribution in [2.45, 2.75) is 22.8 Å². The third kappa shape index (κ3) is 2.31. The van der Waals surface area contributed by atoms with Crippen molar-refractivity contribution in [2.24, 2.45) is 0 Å². The van der Waals surface area contributed by atoms with E-state index in [2.05, 4.69) is 0 Å². The number of hydrogen-bond donors (Lipinski definition) is 2. The lowest BCUT2D eigenvalue weighted by Crippen LogP contribution is -2.43. The molecule has 62 valence electrons. The smallest absolute Gasteiger partial charge is 0.468 e. The first-order chi connectivity index (χ1) is 5.11. The molecule has 0 aromatic carbocycles. The molecule has 0 unspecified atom stereocenters. The molecule has 1 fully saturated rings. The van der Waals surface area contributed by atoms with E-state index in [1.54, 1.807) is 0 Å². The van der Waals surface area contributed by atoms with E-state index in [1.807, 2.05) is 22.6 Å². The van der Waals surface area contributed by atoms with Crippen LogP contribution in [0, 0.1) is 0 Å². The zero-order valence-corrected chi connectivity index (χ0v) is 7.89. The van der Waals surface area contributed by atoms with Crippen LogP contribution in [0.2, 0.25) is 0 Å². The van der Waals surface area contributed by atoms with Crippen molar-refractivity contribution >= 4 is 35.7 Å². The summed E-state index contributed by atoms with van der Waals surface area (Å²) in [6, 6.07) is 0. The van der Waals surface area contributed by atoms with Gasteiger partial charge in [0.1, 0.15) is 6.10 Å². The highest BCUT2D eigenvalue weighted by Crippen LogP contribution is 2.21. The van der Waals surface area contributed by atoms with Crippen LogP contribution in [0.4, 0.5) is 0 Å². The third-order valence-corrected chi connectivity index (χ3v) is 2.83. The Hall–Kier alpha value is 0.185. The van der Waals surface area contributed by atoms with E-state index in [4.69, 9.17) is 14.8 Å². The number of alkyl halides is 1. The number of carboxylic acid groups (broad SMARTS) is 1. The zero-order valence-electron chi connectivity index (χ0n) is 5.74. The predicted molar refractivity (Wildman–Crippen MR) is 47.5 cm³/mol.